The highest BCUT2D eigenvalue weighted by Gasteiger charge is 2.40. The molecule has 1 amide bonds. The Bertz CT molecular complexity index is 1500. The molecular formula is C30H32N2O6S. The van der Waals surface area contributed by atoms with E-state index in [1.165, 1.54) is 20.3 Å². The third kappa shape index (κ3) is 5.83. The molecule has 8 nitrogen and oxygen atoms in total. The summed E-state index contributed by atoms with van der Waals surface area (Å²) in [7, 11) is -0.992. The van der Waals surface area contributed by atoms with Crippen LogP contribution in [0.1, 0.15) is 47.7 Å². The number of carbonyl (C=O) groups excluding carboxylic acids is 2. The Hall–Kier alpha value is -4.11. The van der Waals surface area contributed by atoms with E-state index < -0.39 is 21.7 Å². The van der Waals surface area contributed by atoms with Crippen LogP contribution in [-0.2, 0) is 21.2 Å². The molecule has 3 aromatic rings. The second-order valence-electron chi connectivity index (χ2n) is 9.11. The van der Waals surface area contributed by atoms with Gasteiger partial charge in [0.15, 0.2) is 11.5 Å². The van der Waals surface area contributed by atoms with Crippen LogP contribution in [0.4, 0.5) is 0 Å². The van der Waals surface area contributed by atoms with Crippen LogP contribution in [0.2, 0.25) is 0 Å². The van der Waals surface area contributed by atoms with Crippen molar-refractivity contribution in [3.8, 4) is 11.5 Å². The first-order valence-corrected chi connectivity index (χ1v) is 14.2. The van der Waals surface area contributed by atoms with E-state index in [9.17, 15) is 18.0 Å². The van der Waals surface area contributed by atoms with Crippen LogP contribution in [0.25, 0.3) is 5.70 Å². The molecule has 4 rings (SSSR count). The van der Waals surface area contributed by atoms with Gasteiger partial charge in [-0.3, -0.25) is 13.9 Å². The Morgan fingerprint density at radius 3 is 2.26 bits per heavy atom. The summed E-state index contributed by atoms with van der Waals surface area (Å²) in [6.45, 7) is 2.14. The molecule has 1 heterocycles. The monoisotopic (exact) mass is 548 g/mol. The molecule has 1 aliphatic heterocycles. The number of sulfonamides is 1. The molecule has 204 valence electrons. The summed E-state index contributed by atoms with van der Waals surface area (Å²) in [5, 5.41) is 2.89. The average Bonchev–Trinajstić information content (AvgIpc) is 2.95. The zero-order valence-electron chi connectivity index (χ0n) is 22.3. The average molecular weight is 549 g/mol. The number of unbranched alkanes of at least 4 members (excludes halogenated alkanes) is 2. The van der Waals surface area contributed by atoms with E-state index in [0.717, 1.165) is 17.1 Å². The number of ketones is 1. The Balaban J connectivity index is 1.82. The summed E-state index contributed by atoms with van der Waals surface area (Å²) in [5.41, 5.74) is 1.39. The fourth-order valence-corrected chi connectivity index (χ4v) is 6.29. The summed E-state index contributed by atoms with van der Waals surface area (Å²) in [5.74, 6) is 0.136. The molecular weight excluding hydrogens is 516 g/mol. The van der Waals surface area contributed by atoms with Gasteiger partial charge in [-0.25, -0.2) is 8.42 Å². The third-order valence-electron chi connectivity index (χ3n) is 6.50. The van der Waals surface area contributed by atoms with Crippen molar-refractivity contribution in [3.05, 3.63) is 95.2 Å². The van der Waals surface area contributed by atoms with Gasteiger partial charge in [0, 0.05) is 17.7 Å². The molecule has 9 heteroatoms. The smallest absolute Gasteiger partial charge is 0.265 e. The van der Waals surface area contributed by atoms with Crippen molar-refractivity contribution in [2.24, 2.45) is 0 Å². The number of rotatable bonds is 11. The van der Waals surface area contributed by atoms with Crippen molar-refractivity contribution >= 4 is 27.4 Å². The highest BCUT2D eigenvalue weighted by Crippen LogP contribution is 2.37. The predicted molar refractivity (Wildman–Crippen MR) is 149 cm³/mol. The fraction of sp³-hybridized carbons (Fsp3) is 0.267. The minimum atomic E-state index is -4.04. The molecule has 0 unspecified atom stereocenters. The fourth-order valence-electron chi connectivity index (χ4n) is 4.57. The van der Waals surface area contributed by atoms with Gasteiger partial charge < -0.3 is 14.8 Å². The topological polar surface area (TPSA) is 102 Å². The van der Waals surface area contributed by atoms with Gasteiger partial charge in [-0.15, -0.1) is 0 Å². The van der Waals surface area contributed by atoms with Crippen molar-refractivity contribution in [3.63, 3.8) is 0 Å². The minimum absolute atomic E-state index is 0.0264. The molecule has 0 fully saturated rings. The zero-order valence-corrected chi connectivity index (χ0v) is 23.1. The van der Waals surface area contributed by atoms with Crippen molar-refractivity contribution in [1.82, 2.24) is 9.62 Å². The van der Waals surface area contributed by atoms with E-state index in [0.29, 0.717) is 29.0 Å². The molecule has 0 radical (unpaired) electrons. The summed E-state index contributed by atoms with van der Waals surface area (Å²) in [4.78, 5) is 27.3. The number of Topliss-reactive ketones (excluding diaryl/α,β-unsaturated/α-hetero) is 1. The van der Waals surface area contributed by atoms with Crippen molar-refractivity contribution in [2.45, 2.75) is 37.5 Å². The van der Waals surface area contributed by atoms with Gasteiger partial charge in [0.2, 0.25) is 11.7 Å². The van der Waals surface area contributed by atoms with Crippen LogP contribution in [0.15, 0.2) is 83.4 Å². The lowest BCUT2D eigenvalue weighted by atomic mass is 10.0. The molecule has 0 atom stereocenters. The van der Waals surface area contributed by atoms with Crippen LogP contribution in [0.3, 0.4) is 0 Å². The zero-order chi connectivity index (χ0) is 28.0. The van der Waals surface area contributed by atoms with Crippen molar-refractivity contribution in [1.29, 1.82) is 0 Å². The number of nitrogens with zero attached hydrogens (tertiary/aromatic N) is 1. The van der Waals surface area contributed by atoms with Gasteiger partial charge in [-0.05, 0) is 30.2 Å². The van der Waals surface area contributed by atoms with Gasteiger partial charge in [0.25, 0.3) is 10.0 Å². The predicted octanol–water partition coefficient (Wildman–Crippen LogP) is 4.81. The van der Waals surface area contributed by atoms with Gasteiger partial charge in [-0.1, -0.05) is 74.4 Å². The van der Waals surface area contributed by atoms with Gasteiger partial charge in [0.05, 0.1) is 31.2 Å². The summed E-state index contributed by atoms with van der Waals surface area (Å²) in [6, 6.07) is 20.1. The highest BCUT2D eigenvalue weighted by atomic mass is 32.2. The first-order valence-electron chi connectivity index (χ1n) is 12.8. The first-order chi connectivity index (χ1) is 18.8. The molecule has 3 aromatic carbocycles. The van der Waals surface area contributed by atoms with Crippen LogP contribution >= 0.6 is 0 Å². The second-order valence-corrected chi connectivity index (χ2v) is 10.9. The number of allylic oxidation sites excluding steroid dienone is 1. The molecule has 0 bridgehead atoms. The number of carbonyl (C=O) groups is 2. The van der Waals surface area contributed by atoms with E-state index in [-0.39, 0.29) is 34.8 Å². The maximum absolute atomic E-state index is 13.9. The normalized spacial score (nSPS) is 14.0. The first kappa shape index (κ1) is 27.9. The SMILES string of the molecule is CCCCCN1C(C(=O)c2ccccc2)=C(NC(=O)Cc2ccc(OC)c(OC)c2)c2ccccc2S1(=O)=O. The van der Waals surface area contributed by atoms with Crippen LogP contribution in [0.5, 0.6) is 11.5 Å². The molecule has 0 saturated carbocycles. The number of methoxy groups -OCH3 is 2. The summed E-state index contributed by atoms with van der Waals surface area (Å²) < 4.78 is 39.4. The second kappa shape index (κ2) is 12.2. The lowest BCUT2D eigenvalue weighted by Crippen LogP contribution is -2.42. The van der Waals surface area contributed by atoms with E-state index in [1.54, 1.807) is 66.7 Å². The van der Waals surface area contributed by atoms with Gasteiger partial charge >= 0.3 is 0 Å². The quantitative estimate of drug-likeness (QED) is 0.273. The number of fused-ring (bicyclic) bond motifs is 1. The number of ether oxygens (including phenoxy) is 2. The summed E-state index contributed by atoms with van der Waals surface area (Å²) >= 11 is 0. The molecule has 39 heavy (non-hydrogen) atoms. The lowest BCUT2D eigenvalue weighted by Gasteiger charge is -2.33. The lowest BCUT2D eigenvalue weighted by molar-refractivity contribution is -0.119. The number of amides is 1. The van der Waals surface area contributed by atoms with Gasteiger partial charge in [-0.2, -0.15) is 0 Å². The largest absolute Gasteiger partial charge is 0.493 e. The van der Waals surface area contributed by atoms with E-state index in [4.69, 9.17) is 9.47 Å². The Morgan fingerprint density at radius 2 is 1.56 bits per heavy atom. The van der Waals surface area contributed by atoms with E-state index in [2.05, 4.69) is 5.32 Å². The molecule has 0 aliphatic carbocycles. The van der Waals surface area contributed by atoms with Crippen LogP contribution in [-0.4, -0.2) is 45.2 Å². The maximum Gasteiger partial charge on any atom is 0.265 e. The Labute approximate surface area is 229 Å². The van der Waals surface area contributed by atoms with Crippen LogP contribution in [0, 0.1) is 0 Å². The number of benzene rings is 3. The van der Waals surface area contributed by atoms with Crippen molar-refractivity contribution in [2.75, 3.05) is 20.8 Å². The molecule has 0 spiro atoms. The molecule has 1 N–H and O–H groups in total. The maximum atomic E-state index is 13.9. The van der Waals surface area contributed by atoms with Gasteiger partial charge in [0.1, 0.15) is 5.70 Å². The van der Waals surface area contributed by atoms with E-state index in [1.807, 2.05) is 6.92 Å². The molecule has 0 saturated heterocycles. The number of hydrogen-bond donors (Lipinski definition) is 1. The third-order valence-corrected chi connectivity index (χ3v) is 8.36. The standard InChI is InChI=1S/C30H32N2O6S/c1-4-5-11-18-32-29(30(34)22-12-7-6-8-13-22)28(23-14-9-10-15-26(23)39(32,35)36)31-27(33)20-21-16-17-24(37-2)25(19-21)38-3/h6-10,12-17,19H,4-5,11,18,20H2,1-3H3,(H,31,33). The van der Waals surface area contributed by atoms with E-state index >= 15 is 0 Å². The number of nitrogens with one attached hydrogen (secondary N) is 1. The Kier molecular flexibility index (Phi) is 8.71. The van der Waals surface area contributed by atoms with Crippen LogP contribution < -0.4 is 14.8 Å². The Morgan fingerprint density at radius 1 is 0.872 bits per heavy atom. The summed E-state index contributed by atoms with van der Waals surface area (Å²) in [6.07, 6.45) is 2.21. The minimum Gasteiger partial charge on any atom is -0.493 e. The highest BCUT2D eigenvalue weighted by molar-refractivity contribution is 7.89. The molecule has 1 aliphatic rings. The molecule has 0 aromatic heterocycles. The van der Waals surface area contributed by atoms with Crippen molar-refractivity contribution < 1.29 is 27.5 Å². The number of hydrogen-bond acceptors (Lipinski definition) is 6.